The highest BCUT2D eigenvalue weighted by Gasteiger charge is 2.32. The second kappa shape index (κ2) is 6.35. The van der Waals surface area contributed by atoms with Gasteiger partial charge in [0.25, 0.3) is 0 Å². The van der Waals surface area contributed by atoms with Crippen LogP contribution in [0, 0.1) is 6.92 Å². The standard InChI is InChI=1S/C19H14F3NO/c1-13-9-10-23-17(11-13)15-6-4-5-14(12-15)16-7-2-3-8-18(16)24-19(20,21)22/h2-12H,1H3. The van der Waals surface area contributed by atoms with Crippen molar-refractivity contribution in [3.8, 4) is 28.1 Å². The van der Waals surface area contributed by atoms with Crippen molar-refractivity contribution in [2.24, 2.45) is 0 Å². The molecule has 2 nitrogen and oxygen atoms in total. The summed E-state index contributed by atoms with van der Waals surface area (Å²) < 4.78 is 41.9. The molecule has 0 saturated carbocycles. The van der Waals surface area contributed by atoms with Crippen molar-refractivity contribution in [1.82, 2.24) is 4.98 Å². The third-order valence-corrected chi connectivity index (χ3v) is 3.50. The van der Waals surface area contributed by atoms with Crippen molar-refractivity contribution < 1.29 is 17.9 Å². The number of rotatable bonds is 3. The maximum absolute atomic E-state index is 12.6. The summed E-state index contributed by atoms with van der Waals surface area (Å²) in [4.78, 5) is 4.32. The summed E-state index contributed by atoms with van der Waals surface area (Å²) in [6.07, 6.45) is -3.02. The number of para-hydroxylation sites is 1. The maximum atomic E-state index is 12.6. The smallest absolute Gasteiger partial charge is 0.405 e. The molecule has 0 bridgehead atoms. The molecule has 5 heteroatoms. The van der Waals surface area contributed by atoms with E-state index in [0.717, 1.165) is 16.8 Å². The molecule has 2 aromatic carbocycles. The van der Waals surface area contributed by atoms with Crippen molar-refractivity contribution in [2.45, 2.75) is 13.3 Å². The average molecular weight is 329 g/mol. The molecule has 0 N–H and O–H groups in total. The Bertz CT molecular complexity index is 859. The van der Waals surface area contributed by atoms with Gasteiger partial charge in [-0.1, -0.05) is 36.4 Å². The lowest BCUT2D eigenvalue weighted by atomic mass is 10.0. The molecule has 3 rings (SSSR count). The molecule has 0 spiro atoms. The van der Waals surface area contributed by atoms with Crippen molar-refractivity contribution in [3.63, 3.8) is 0 Å². The summed E-state index contributed by atoms with van der Waals surface area (Å²) >= 11 is 0. The molecule has 0 saturated heterocycles. The minimum Gasteiger partial charge on any atom is -0.405 e. The van der Waals surface area contributed by atoms with Crippen LogP contribution in [-0.2, 0) is 0 Å². The average Bonchev–Trinajstić information content (AvgIpc) is 2.54. The second-order valence-corrected chi connectivity index (χ2v) is 5.34. The number of alkyl halides is 3. The first-order valence-corrected chi connectivity index (χ1v) is 7.31. The number of hydrogen-bond donors (Lipinski definition) is 0. The van der Waals surface area contributed by atoms with Gasteiger partial charge in [-0.15, -0.1) is 13.2 Å². The minimum absolute atomic E-state index is 0.223. The van der Waals surface area contributed by atoms with E-state index in [0.29, 0.717) is 11.1 Å². The molecular formula is C19H14F3NO. The van der Waals surface area contributed by atoms with Gasteiger partial charge in [-0.25, -0.2) is 0 Å². The van der Waals surface area contributed by atoms with E-state index in [9.17, 15) is 13.2 Å². The number of hydrogen-bond acceptors (Lipinski definition) is 2. The molecule has 0 fully saturated rings. The zero-order valence-corrected chi connectivity index (χ0v) is 12.8. The van der Waals surface area contributed by atoms with Gasteiger partial charge < -0.3 is 4.74 Å². The zero-order chi connectivity index (χ0) is 17.2. The molecule has 122 valence electrons. The van der Waals surface area contributed by atoms with Crippen LogP contribution >= 0.6 is 0 Å². The molecule has 0 radical (unpaired) electrons. The first-order chi connectivity index (χ1) is 11.4. The van der Waals surface area contributed by atoms with Crippen molar-refractivity contribution in [2.75, 3.05) is 0 Å². The Hall–Kier alpha value is -2.82. The number of halogens is 3. The third kappa shape index (κ3) is 3.74. The van der Waals surface area contributed by atoms with Crippen LogP contribution in [0.2, 0.25) is 0 Å². The van der Waals surface area contributed by atoms with Crippen molar-refractivity contribution in [3.05, 3.63) is 72.4 Å². The lowest BCUT2D eigenvalue weighted by Crippen LogP contribution is -2.17. The van der Waals surface area contributed by atoms with Crippen LogP contribution in [0.4, 0.5) is 13.2 Å². The van der Waals surface area contributed by atoms with Gasteiger partial charge >= 0.3 is 6.36 Å². The fourth-order valence-electron chi connectivity index (χ4n) is 2.46. The lowest BCUT2D eigenvalue weighted by molar-refractivity contribution is -0.274. The third-order valence-electron chi connectivity index (χ3n) is 3.50. The van der Waals surface area contributed by atoms with Gasteiger partial charge in [-0.3, -0.25) is 4.98 Å². The highest BCUT2D eigenvalue weighted by atomic mass is 19.4. The molecular weight excluding hydrogens is 315 g/mol. The van der Waals surface area contributed by atoms with Crippen LogP contribution in [0.3, 0.4) is 0 Å². The second-order valence-electron chi connectivity index (χ2n) is 5.34. The van der Waals surface area contributed by atoms with E-state index in [1.165, 1.54) is 12.1 Å². The van der Waals surface area contributed by atoms with Crippen LogP contribution in [0.5, 0.6) is 5.75 Å². The Morgan fingerprint density at radius 2 is 1.62 bits per heavy atom. The van der Waals surface area contributed by atoms with E-state index in [1.54, 1.807) is 36.5 Å². The first kappa shape index (κ1) is 16.1. The predicted octanol–water partition coefficient (Wildman–Crippen LogP) is 5.62. The van der Waals surface area contributed by atoms with E-state index in [1.807, 2.05) is 25.1 Å². The van der Waals surface area contributed by atoms with E-state index in [2.05, 4.69) is 9.72 Å². The highest BCUT2D eigenvalue weighted by Crippen LogP contribution is 2.35. The normalized spacial score (nSPS) is 11.3. The summed E-state index contributed by atoms with van der Waals surface area (Å²) in [6, 6.07) is 17.1. The molecule has 3 aromatic rings. The fourth-order valence-corrected chi connectivity index (χ4v) is 2.46. The lowest BCUT2D eigenvalue weighted by Gasteiger charge is -2.14. The molecule has 0 unspecified atom stereocenters. The maximum Gasteiger partial charge on any atom is 0.573 e. The number of aryl methyl sites for hydroxylation is 1. The van der Waals surface area contributed by atoms with E-state index in [-0.39, 0.29) is 5.75 Å². The van der Waals surface area contributed by atoms with Crippen LogP contribution in [0.25, 0.3) is 22.4 Å². The zero-order valence-electron chi connectivity index (χ0n) is 12.8. The SMILES string of the molecule is Cc1ccnc(-c2cccc(-c3ccccc3OC(F)(F)F)c2)c1. The van der Waals surface area contributed by atoms with E-state index < -0.39 is 6.36 Å². The number of benzene rings is 2. The van der Waals surface area contributed by atoms with E-state index in [4.69, 9.17) is 0 Å². The van der Waals surface area contributed by atoms with Crippen LogP contribution < -0.4 is 4.74 Å². The molecule has 1 aromatic heterocycles. The van der Waals surface area contributed by atoms with Gasteiger partial charge in [-0.05, 0) is 42.3 Å². The molecule has 0 aliphatic heterocycles. The highest BCUT2D eigenvalue weighted by molar-refractivity contribution is 5.75. The Morgan fingerprint density at radius 3 is 2.38 bits per heavy atom. The number of ether oxygens (including phenoxy) is 1. The van der Waals surface area contributed by atoms with Gasteiger partial charge in [0.15, 0.2) is 0 Å². The number of nitrogens with zero attached hydrogens (tertiary/aromatic N) is 1. The Morgan fingerprint density at radius 1 is 0.875 bits per heavy atom. The molecule has 0 aliphatic rings. The molecule has 1 heterocycles. The molecule has 0 amide bonds. The summed E-state index contributed by atoms with van der Waals surface area (Å²) in [7, 11) is 0. The van der Waals surface area contributed by atoms with Gasteiger partial charge in [0.05, 0.1) is 5.69 Å². The number of aromatic nitrogens is 1. The van der Waals surface area contributed by atoms with Gasteiger partial charge in [-0.2, -0.15) is 0 Å². The summed E-state index contributed by atoms with van der Waals surface area (Å²) in [5, 5.41) is 0. The molecule has 24 heavy (non-hydrogen) atoms. The summed E-state index contributed by atoms with van der Waals surface area (Å²) in [6.45, 7) is 1.96. The minimum atomic E-state index is -4.73. The van der Waals surface area contributed by atoms with Crippen molar-refractivity contribution >= 4 is 0 Å². The molecule has 0 atom stereocenters. The summed E-state index contributed by atoms with van der Waals surface area (Å²) in [5.74, 6) is -0.223. The van der Waals surface area contributed by atoms with Gasteiger partial charge in [0.1, 0.15) is 5.75 Å². The Kier molecular flexibility index (Phi) is 4.25. The number of pyridine rings is 1. The topological polar surface area (TPSA) is 22.1 Å². The van der Waals surface area contributed by atoms with Gasteiger partial charge in [0.2, 0.25) is 0 Å². The van der Waals surface area contributed by atoms with Crippen LogP contribution in [0.1, 0.15) is 5.56 Å². The first-order valence-electron chi connectivity index (χ1n) is 7.31. The Labute approximate surface area is 137 Å². The molecule has 0 aliphatic carbocycles. The largest absolute Gasteiger partial charge is 0.573 e. The summed E-state index contributed by atoms with van der Waals surface area (Å²) in [5.41, 5.74) is 3.68. The fraction of sp³-hybridized carbons (Fsp3) is 0.105. The van der Waals surface area contributed by atoms with Crippen LogP contribution in [-0.4, -0.2) is 11.3 Å². The van der Waals surface area contributed by atoms with Gasteiger partial charge in [0, 0.05) is 17.3 Å². The predicted molar refractivity (Wildman–Crippen MR) is 86.5 cm³/mol. The Balaban J connectivity index is 2.04. The van der Waals surface area contributed by atoms with Crippen LogP contribution in [0.15, 0.2) is 66.9 Å². The van der Waals surface area contributed by atoms with E-state index >= 15 is 0 Å². The monoisotopic (exact) mass is 329 g/mol. The van der Waals surface area contributed by atoms with Crippen molar-refractivity contribution in [1.29, 1.82) is 0 Å². The quantitative estimate of drug-likeness (QED) is 0.622.